The molecule has 0 aliphatic heterocycles. The lowest BCUT2D eigenvalue weighted by molar-refractivity contribution is 0.0725. The molecule has 0 aliphatic rings. The lowest BCUT2D eigenvalue weighted by atomic mass is 9.97. The zero-order valence-electron chi connectivity index (χ0n) is 18.6. The van der Waals surface area contributed by atoms with E-state index in [1.54, 1.807) is 0 Å². The van der Waals surface area contributed by atoms with Gasteiger partial charge in [0, 0.05) is 23.0 Å². The molecule has 0 spiro atoms. The minimum Gasteiger partial charge on any atom is -0.493 e. The molecule has 5 heteroatoms. The van der Waals surface area contributed by atoms with Gasteiger partial charge in [-0.25, -0.2) is 0 Å². The van der Waals surface area contributed by atoms with Crippen molar-refractivity contribution in [1.82, 2.24) is 10.3 Å². The van der Waals surface area contributed by atoms with Crippen molar-refractivity contribution in [2.75, 3.05) is 6.61 Å². The van der Waals surface area contributed by atoms with E-state index in [1.165, 1.54) is 0 Å². The molecule has 1 amide bonds. The summed E-state index contributed by atoms with van der Waals surface area (Å²) in [6, 6.07) is 21.5. The Labute approximate surface area is 188 Å². The zero-order chi connectivity index (χ0) is 22.7. The van der Waals surface area contributed by atoms with Gasteiger partial charge in [0.05, 0.1) is 12.2 Å². The van der Waals surface area contributed by atoms with Crippen LogP contribution in [0.3, 0.4) is 0 Å². The Hall–Kier alpha value is -3.57. The number of carbonyl (C=O) groups excluding carboxylic acids is 1. The molecule has 2 atom stereocenters. The maximum atomic E-state index is 13.2. The van der Waals surface area contributed by atoms with E-state index in [0.29, 0.717) is 17.9 Å². The molecule has 1 unspecified atom stereocenters. The van der Waals surface area contributed by atoms with Crippen LogP contribution in [0.15, 0.2) is 72.9 Å². The van der Waals surface area contributed by atoms with Gasteiger partial charge in [0.15, 0.2) is 0 Å². The van der Waals surface area contributed by atoms with Crippen LogP contribution in [0.25, 0.3) is 22.0 Å². The van der Waals surface area contributed by atoms with Gasteiger partial charge in [-0.3, -0.25) is 4.79 Å². The van der Waals surface area contributed by atoms with Crippen LogP contribution in [0.1, 0.15) is 41.3 Å². The summed E-state index contributed by atoms with van der Waals surface area (Å²) < 4.78 is 5.70. The molecule has 0 aliphatic carbocycles. The third kappa shape index (κ3) is 4.25. The second-order valence-corrected chi connectivity index (χ2v) is 7.96. The van der Waals surface area contributed by atoms with Gasteiger partial charge in [-0.1, -0.05) is 55.5 Å². The molecule has 0 saturated heterocycles. The molecule has 3 aromatic carbocycles. The summed E-state index contributed by atoms with van der Waals surface area (Å²) in [5.74, 6) is -0.178. The highest BCUT2D eigenvalue weighted by Crippen LogP contribution is 2.30. The van der Waals surface area contributed by atoms with Crippen LogP contribution in [-0.4, -0.2) is 28.8 Å². The summed E-state index contributed by atoms with van der Waals surface area (Å²) in [6.45, 7) is 6.26. The smallest absolute Gasteiger partial charge is 0.257 e. The molecular formula is C27H28N2O3. The fourth-order valence-electron chi connectivity index (χ4n) is 4.03. The number of aryl methyl sites for hydroxylation is 1. The van der Waals surface area contributed by atoms with Gasteiger partial charge in [0.25, 0.3) is 5.91 Å². The molecule has 4 rings (SSSR count). The maximum absolute atomic E-state index is 13.2. The molecule has 32 heavy (non-hydrogen) atoms. The molecule has 1 heterocycles. The number of hydrogen-bond donors (Lipinski definition) is 3. The first-order chi connectivity index (χ1) is 15.5. The lowest BCUT2D eigenvalue weighted by Gasteiger charge is -2.21. The Morgan fingerprint density at radius 2 is 1.84 bits per heavy atom. The van der Waals surface area contributed by atoms with E-state index in [2.05, 4.69) is 10.3 Å². The number of ether oxygens (including phenoxy) is 1. The van der Waals surface area contributed by atoms with Crippen molar-refractivity contribution in [1.29, 1.82) is 0 Å². The van der Waals surface area contributed by atoms with E-state index in [4.69, 9.17) is 4.74 Å². The van der Waals surface area contributed by atoms with Crippen LogP contribution >= 0.6 is 0 Å². The third-order valence-electron chi connectivity index (χ3n) is 5.84. The second kappa shape index (κ2) is 9.28. The van der Waals surface area contributed by atoms with Crippen molar-refractivity contribution in [3.63, 3.8) is 0 Å². The Morgan fingerprint density at radius 3 is 2.62 bits per heavy atom. The number of para-hydroxylation sites is 1. The third-order valence-corrected chi connectivity index (χ3v) is 5.84. The lowest BCUT2D eigenvalue weighted by Crippen LogP contribution is -2.38. The van der Waals surface area contributed by atoms with Crippen molar-refractivity contribution in [2.45, 2.75) is 32.9 Å². The monoisotopic (exact) mass is 428 g/mol. The number of nitrogens with one attached hydrogen (secondary N) is 2. The molecule has 0 saturated carbocycles. The van der Waals surface area contributed by atoms with E-state index in [0.717, 1.165) is 33.2 Å². The summed E-state index contributed by atoms with van der Waals surface area (Å²) in [7, 11) is 0. The summed E-state index contributed by atoms with van der Waals surface area (Å²) in [5.41, 5.74) is 5.45. The van der Waals surface area contributed by atoms with Crippen LogP contribution in [0, 0.1) is 6.92 Å². The molecule has 0 bridgehead atoms. The quantitative estimate of drug-likeness (QED) is 0.345. The molecule has 4 aromatic rings. The number of hydrogen-bond acceptors (Lipinski definition) is 3. The number of aromatic nitrogens is 1. The number of benzene rings is 3. The number of aliphatic hydroxyl groups is 1. The number of rotatable bonds is 7. The van der Waals surface area contributed by atoms with Gasteiger partial charge >= 0.3 is 0 Å². The van der Waals surface area contributed by atoms with Crippen LogP contribution in [0.5, 0.6) is 5.75 Å². The summed E-state index contributed by atoms with van der Waals surface area (Å²) in [4.78, 5) is 16.4. The number of fused-ring (bicyclic) bond motifs is 1. The number of H-pyrrole nitrogens is 1. The van der Waals surface area contributed by atoms with Crippen LogP contribution in [0.4, 0.5) is 0 Å². The highest BCUT2D eigenvalue weighted by molar-refractivity contribution is 5.98. The van der Waals surface area contributed by atoms with Crippen LogP contribution in [-0.2, 0) is 0 Å². The molecule has 0 radical (unpaired) electrons. The van der Waals surface area contributed by atoms with E-state index < -0.39 is 6.23 Å². The van der Waals surface area contributed by atoms with Gasteiger partial charge in [-0.15, -0.1) is 0 Å². The number of amides is 1. The highest BCUT2D eigenvalue weighted by atomic mass is 16.5. The molecular weight excluding hydrogens is 400 g/mol. The Bertz CT molecular complexity index is 1240. The maximum Gasteiger partial charge on any atom is 0.257 e. The van der Waals surface area contributed by atoms with Gasteiger partial charge in [0.2, 0.25) is 0 Å². The largest absolute Gasteiger partial charge is 0.493 e. The summed E-state index contributed by atoms with van der Waals surface area (Å²) in [5, 5.41) is 14.6. The fraction of sp³-hybridized carbons (Fsp3) is 0.222. The minimum absolute atomic E-state index is 0.301. The minimum atomic E-state index is -1.06. The van der Waals surface area contributed by atoms with Crippen LogP contribution in [0.2, 0.25) is 0 Å². The average molecular weight is 429 g/mol. The first-order valence-electron chi connectivity index (χ1n) is 10.9. The van der Waals surface area contributed by atoms with Crippen LogP contribution < -0.4 is 10.1 Å². The molecule has 3 N–H and O–H groups in total. The Balaban J connectivity index is 1.61. The van der Waals surface area contributed by atoms with Gasteiger partial charge in [-0.05, 0) is 54.3 Å². The first kappa shape index (κ1) is 21.7. The second-order valence-electron chi connectivity index (χ2n) is 7.96. The molecule has 1 aromatic heterocycles. The number of carbonyl (C=O) groups is 1. The van der Waals surface area contributed by atoms with Crippen molar-refractivity contribution < 1.29 is 14.6 Å². The van der Waals surface area contributed by atoms with Crippen molar-refractivity contribution in [3.8, 4) is 16.9 Å². The SMILES string of the molecule is CCOc1ccc(-c2ccccc2C)cc1C(=O)N[C@H](O)C(C)c1c[nH]c2ccccc12. The highest BCUT2D eigenvalue weighted by Gasteiger charge is 2.23. The summed E-state index contributed by atoms with van der Waals surface area (Å²) >= 11 is 0. The molecule has 0 fully saturated rings. The fourth-order valence-corrected chi connectivity index (χ4v) is 4.03. The van der Waals surface area contributed by atoms with E-state index in [9.17, 15) is 9.90 Å². The van der Waals surface area contributed by atoms with Gasteiger partial charge < -0.3 is 20.1 Å². The molecule has 5 nitrogen and oxygen atoms in total. The van der Waals surface area contributed by atoms with E-state index >= 15 is 0 Å². The van der Waals surface area contributed by atoms with Crippen molar-refractivity contribution in [3.05, 3.63) is 89.6 Å². The average Bonchev–Trinajstić information content (AvgIpc) is 3.23. The van der Waals surface area contributed by atoms with E-state index in [1.807, 2.05) is 93.7 Å². The Morgan fingerprint density at radius 1 is 1.09 bits per heavy atom. The summed E-state index contributed by atoms with van der Waals surface area (Å²) in [6.07, 6.45) is 0.827. The van der Waals surface area contributed by atoms with E-state index in [-0.39, 0.29) is 11.8 Å². The van der Waals surface area contributed by atoms with Crippen molar-refractivity contribution in [2.24, 2.45) is 0 Å². The predicted octanol–water partition coefficient (Wildman–Crippen LogP) is 5.39. The normalized spacial score (nSPS) is 13.0. The van der Waals surface area contributed by atoms with Gasteiger partial charge in [-0.2, -0.15) is 0 Å². The zero-order valence-corrected chi connectivity index (χ0v) is 18.6. The first-order valence-corrected chi connectivity index (χ1v) is 10.9. The number of aromatic amines is 1. The standard InChI is InChI=1S/C27H28N2O3/c1-4-32-25-14-13-19(20-10-6-5-9-17(20)2)15-22(25)27(31)29-26(30)18(3)23-16-28-24-12-8-7-11-21(23)24/h5-16,18,26,28,30H,4H2,1-3H3,(H,29,31)/t18?,26-/m1/s1. The predicted molar refractivity (Wildman–Crippen MR) is 128 cm³/mol. The topological polar surface area (TPSA) is 74.3 Å². The van der Waals surface area contributed by atoms with Crippen molar-refractivity contribution >= 4 is 16.8 Å². The molecule has 164 valence electrons. The Kier molecular flexibility index (Phi) is 6.28. The number of aliphatic hydroxyl groups excluding tert-OH is 1. The van der Waals surface area contributed by atoms with Gasteiger partial charge in [0.1, 0.15) is 12.0 Å².